The van der Waals surface area contributed by atoms with E-state index in [4.69, 9.17) is 14.2 Å². The average Bonchev–Trinajstić information content (AvgIpc) is 2.79. The maximum absolute atomic E-state index is 11.3. The van der Waals surface area contributed by atoms with E-state index >= 15 is 0 Å². The maximum Gasteiger partial charge on any atom is 0.412 e. The molecule has 1 amide bonds. The molecule has 1 aliphatic heterocycles. The van der Waals surface area contributed by atoms with Crippen LogP contribution in [0.25, 0.3) is 0 Å². The highest BCUT2D eigenvalue weighted by Gasteiger charge is 2.40. The molecule has 98 valence electrons. The molecule has 0 aromatic heterocycles. The zero-order chi connectivity index (χ0) is 13.2. The molecule has 0 unspecified atom stereocenters. The predicted octanol–water partition coefficient (Wildman–Crippen LogP) is 2.69. The van der Waals surface area contributed by atoms with Crippen molar-refractivity contribution >= 4 is 6.09 Å². The number of carbonyl (C=O) groups excluding carboxylic acids is 1. The van der Waals surface area contributed by atoms with Gasteiger partial charge in [0, 0.05) is 19.9 Å². The number of hydrogen-bond donors (Lipinski definition) is 1. The van der Waals surface area contributed by atoms with Crippen LogP contribution in [0.2, 0.25) is 0 Å². The summed E-state index contributed by atoms with van der Waals surface area (Å²) in [5.41, 5.74) is 0. The van der Waals surface area contributed by atoms with Crippen LogP contribution in [-0.2, 0) is 0 Å². The van der Waals surface area contributed by atoms with Crippen molar-refractivity contribution in [2.24, 2.45) is 0 Å². The standard InChI is InChI=1S/C13H17NO4/c1-4-13(5-2)17-10-8-6-7-9(11(10)18-13)16-12(15)14-3/h6-8H,4-5H2,1-3H3,(H,14,15). The molecular formula is C13H17NO4. The van der Waals surface area contributed by atoms with E-state index in [1.807, 2.05) is 13.8 Å². The van der Waals surface area contributed by atoms with Crippen molar-refractivity contribution in [1.29, 1.82) is 0 Å². The number of rotatable bonds is 3. The van der Waals surface area contributed by atoms with E-state index in [9.17, 15) is 4.79 Å². The van der Waals surface area contributed by atoms with Crippen LogP contribution in [0.15, 0.2) is 18.2 Å². The Labute approximate surface area is 106 Å². The molecule has 5 nitrogen and oxygen atoms in total. The fourth-order valence-electron chi connectivity index (χ4n) is 1.85. The molecule has 0 radical (unpaired) electrons. The largest absolute Gasteiger partial charge is 0.448 e. The first-order valence-corrected chi connectivity index (χ1v) is 6.04. The first-order chi connectivity index (χ1) is 8.64. The van der Waals surface area contributed by atoms with E-state index in [0.717, 1.165) is 12.8 Å². The van der Waals surface area contributed by atoms with Gasteiger partial charge < -0.3 is 19.5 Å². The van der Waals surface area contributed by atoms with E-state index < -0.39 is 11.9 Å². The Balaban J connectivity index is 2.29. The molecule has 0 aliphatic carbocycles. The van der Waals surface area contributed by atoms with Gasteiger partial charge in [-0.1, -0.05) is 19.9 Å². The summed E-state index contributed by atoms with van der Waals surface area (Å²) in [5.74, 6) is 0.824. The second-order valence-electron chi connectivity index (χ2n) is 4.04. The molecule has 1 aromatic carbocycles. The van der Waals surface area contributed by atoms with Gasteiger partial charge in [-0.25, -0.2) is 4.79 Å². The molecule has 0 bridgehead atoms. The van der Waals surface area contributed by atoms with Crippen LogP contribution in [0, 0.1) is 0 Å². The van der Waals surface area contributed by atoms with Crippen LogP contribution in [-0.4, -0.2) is 18.9 Å². The van der Waals surface area contributed by atoms with Crippen molar-refractivity contribution in [2.75, 3.05) is 7.05 Å². The molecule has 18 heavy (non-hydrogen) atoms. The molecule has 0 atom stereocenters. The van der Waals surface area contributed by atoms with Crippen LogP contribution >= 0.6 is 0 Å². The van der Waals surface area contributed by atoms with Gasteiger partial charge in [-0.3, -0.25) is 0 Å². The van der Waals surface area contributed by atoms with E-state index in [0.29, 0.717) is 17.2 Å². The third kappa shape index (κ3) is 2.08. The van der Waals surface area contributed by atoms with Crippen molar-refractivity contribution in [3.05, 3.63) is 18.2 Å². The molecule has 1 N–H and O–H groups in total. The number of benzene rings is 1. The molecule has 5 heteroatoms. The predicted molar refractivity (Wildman–Crippen MR) is 66.1 cm³/mol. The summed E-state index contributed by atoms with van der Waals surface area (Å²) in [5, 5.41) is 2.40. The monoisotopic (exact) mass is 251 g/mol. The minimum atomic E-state index is -0.648. The first kappa shape index (κ1) is 12.5. The third-order valence-corrected chi connectivity index (χ3v) is 3.01. The summed E-state index contributed by atoms with van der Waals surface area (Å²) in [4.78, 5) is 11.3. The summed E-state index contributed by atoms with van der Waals surface area (Å²) < 4.78 is 16.8. The number of para-hydroxylation sites is 1. The van der Waals surface area contributed by atoms with Gasteiger partial charge in [0.05, 0.1) is 0 Å². The van der Waals surface area contributed by atoms with Crippen LogP contribution in [0.5, 0.6) is 17.2 Å². The van der Waals surface area contributed by atoms with Crippen molar-refractivity contribution in [3.63, 3.8) is 0 Å². The fourth-order valence-corrected chi connectivity index (χ4v) is 1.85. The quantitative estimate of drug-likeness (QED) is 0.897. The fraction of sp³-hybridized carbons (Fsp3) is 0.462. The molecule has 0 spiro atoms. The SMILES string of the molecule is CCC1(CC)Oc2cccc(OC(=O)NC)c2O1. The van der Waals surface area contributed by atoms with Gasteiger partial charge in [-0.2, -0.15) is 0 Å². The maximum atomic E-state index is 11.3. The lowest BCUT2D eigenvalue weighted by atomic mass is 10.1. The Bertz CT molecular complexity index is 454. The summed E-state index contributed by atoms with van der Waals surface area (Å²) in [6.45, 7) is 3.99. The molecule has 0 saturated carbocycles. The zero-order valence-corrected chi connectivity index (χ0v) is 10.8. The molecule has 2 rings (SSSR count). The van der Waals surface area contributed by atoms with Crippen LogP contribution in [0.1, 0.15) is 26.7 Å². The second-order valence-corrected chi connectivity index (χ2v) is 4.04. The number of ether oxygens (including phenoxy) is 3. The topological polar surface area (TPSA) is 56.8 Å². The summed E-state index contributed by atoms with van der Waals surface area (Å²) >= 11 is 0. The highest BCUT2D eigenvalue weighted by Crippen LogP contribution is 2.47. The lowest BCUT2D eigenvalue weighted by molar-refractivity contribution is -0.0848. The number of fused-ring (bicyclic) bond motifs is 1. The lowest BCUT2D eigenvalue weighted by Crippen LogP contribution is -2.36. The summed E-state index contributed by atoms with van der Waals surface area (Å²) in [6, 6.07) is 5.25. The normalized spacial score (nSPS) is 15.3. The Morgan fingerprint density at radius 3 is 2.67 bits per heavy atom. The van der Waals surface area contributed by atoms with Gasteiger partial charge in [0.2, 0.25) is 5.75 Å². The second kappa shape index (κ2) is 4.76. The van der Waals surface area contributed by atoms with Gasteiger partial charge >= 0.3 is 6.09 Å². The van der Waals surface area contributed by atoms with Crippen LogP contribution in [0.4, 0.5) is 4.79 Å². The number of hydrogen-bond acceptors (Lipinski definition) is 4. The summed E-state index contributed by atoms with van der Waals surface area (Å²) in [6.07, 6.45) is 0.910. The molecule has 1 aromatic rings. The van der Waals surface area contributed by atoms with Crippen LogP contribution < -0.4 is 19.5 Å². The Morgan fingerprint density at radius 2 is 2.06 bits per heavy atom. The molecular weight excluding hydrogens is 234 g/mol. The Hall–Kier alpha value is -1.91. The molecule has 0 saturated heterocycles. The van der Waals surface area contributed by atoms with Gasteiger partial charge in [0.15, 0.2) is 11.5 Å². The third-order valence-electron chi connectivity index (χ3n) is 3.01. The average molecular weight is 251 g/mol. The molecule has 0 fully saturated rings. The van der Waals surface area contributed by atoms with Gasteiger partial charge in [0.1, 0.15) is 0 Å². The Morgan fingerprint density at radius 1 is 1.33 bits per heavy atom. The van der Waals surface area contributed by atoms with Gasteiger partial charge in [-0.05, 0) is 12.1 Å². The van der Waals surface area contributed by atoms with Crippen LogP contribution in [0.3, 0.4) is 0 Å². The van der Waals surface area contributed by atoms with Crippen molar-refractivity contribution in [3.8, 4) is 17.2 Å². The van der Waals surface area contributed by atoms with E-state index in [2.05, 4.69) is 5.32 Å². The minimum absolute atomic E-state index is 0.371. The smallest absolute Gasteiger partial charge is 0.412 e. The van der Waals surface area contributed by atoms with E-state index in [1.54, 1.807) is 18.2 Å². The van der Waals surface area contributed by atoms with E-state index in [-0.39, 0.29) is 0 Å². The summed E-state index contributed by atoms with van der Waals surface area (Å²) in [7, 11) is 1.51. The number of nitrogens with one attached hydrogen (secondary N) is 1. The van der Waals surface area contributed by atoms with Gasteiger partial charge in [0.25, 0.3) is 5.79 Å². The van der Waals surface area contributed by atoms with Gasteiger partial charge in [-0.15, -0.1) is 0 Å². The van der Waals surface area contributed by atoms with Crippen molar-refractivity contribution < 1.29 is 19.0 Å². The first-order valence-electron chi connectivity index (χ1n) is 6.04. The van der Waals surface area contributed by atoms with Crippen molar-refractivity contribution in [2.45, 2.75) is 32.5 Å². The number of carbonyl (C=O) groups is 1. The highest BCUT2D eigenvalue weighted by atomic mass is 16.7. The van der Waals surface area contributed by atoms with E-state index in [1.165, 1.54) is 7.05 Å². The lowest BCUT2D eigenvalue weighted by Gasteiger charge is -2.24. The Kier molecular flexibility index (Phi) is 3.32. The number of amides is 1. The minimum Gasteiger partial charge on any atom is -0.448 e. The highest BCUT2D eigenvalue weighted by molar-refractivity contribution is 5.72. The van der Waals surface area contributed by atoms with Crippen molar-refractivity contribution in [1.82, 2.24) is 5.32 Å². The zero-order valence-electron chi connectivity index (χ0n) is 10.8. The molecule has 1 heterocycles. The molecule has 1 aliphatic rings.